The Morgan fingerprint density at radius 2 is 2.38 bits per heavy atom. The number of hydrogen-bond donors (Lipinski definition) is 3. The molecule has 3 atom stereocenters. The number of aliphatic hydroxyl groups is 1. The van der Waals surface area contributed by atoms with E-state index in [1.807, 2.05) is 0 Å². The molecule has 2 aliphatic rings. The summed E-state index contributed by atoms with van der Waals surface area (Å²) < 4.78 is 0. The molecule has 6 nitrogen and oxygen atoms in total. The number of β-lactam (4-membered cyclic amide) rings is 1. The second kappa shape index (κ2) is 3.71. The van der Waals surface area contributed by atoms with Crippen LogP contribution in [0.4, 0.5) is 0 Å². The first kappa shape index (κ1) is 11.3. The molecule has 2 fully saturated rings. The zero-order chi connectivity index (χ0) is 11.9. The monoisotopic (exact) mass is 227 g/mol. The Labute approximate surface area is 93.8 Å². The highest BCUT2D eigenvalue weighted by Crippen LogP contribution is 2.34. The van der Waals surface area contributed by atoms with Gasteiger partial charge < -0.3 is 21.1 Å². The van der Waals surface area contributed by atoms with Crippen molar-refractivity contribution in [1.29, 1.82) is 0 Å². The third kappa shape index (κ3) is 1.41. The molecule has 0 aliphatic carbocycles. The fourth-order valence-corrected chi connectivity index (χ4v) is 2.37. The normalized spacial score (nSPS) is 32.2. The molecule has 0 saturated carbocycles. The van der Waals surface area contributed by atoms with Gasteiger partial charge in [0.15, 0.2) is 0 Å². The molecule has 0 bridgehead atoms. The van der Waals surface area contributed by atoms with E-state index >= 15 is 0 Å². The number of nitrogens with zero attached hydrogens (tertiary/aromatic N) is 1. The van der Waals surface area contributed by atoms with E-state index in [0.29, 0.717) is 19.5 Å². The van der Waals surface area contributed by atoms with E-state index in [0.717, 1.165) is 6.42 Å². The molecule has 0 aromatic carbocycles. The van der Waals surface area contributed by atoms with Crippen LogP contribution in [-0.2, 0) is 9.59 Å². The summed E-state index contributed by atoms with van der Waals surface area (Å²) in [5, 5.41) is 12.0. The van der Waals surface area contributed by atoms with Crippen molar-refractivity contribution in [2.75, 3.05) is 13.1 Å². The number of amides is 2. The molecule has 0 aromatic heterocycles. The van der Waals surface area contributed by atoms with Crippen LogP contribution in [0.15, 0.2) is 0 Å². The van der Waals surface area contributed by atoms with Gasteiger partial charge in [-0.3, -0.25) is 9.59 Å². The predicted octanol–water partition coefficient (Wildman–Crippen LogP) is -1.81. The lowest BCUT2D eigenvalue weighted by Gasteiger charge is -2.45. The summed E-state index contributed by atoms with van der Waals surface area (Å²) in [4.78, 5) is 25.1. The minimum Gasteiger partial charge on any atom is -0.391 e. The minimum atomic E-state index is -0.941. The molecule has 2 amide bonds. The van der Waals surface area contributed by atoms with Gasteiger partial charge in [-0.25, -0.2) is 0 Å². The van der Waals surface area contributed by atoms with Crippen LogP contribution in [-0.4, -0.2) is 52.6 Å². The molecule has 2 aliphatic heterocycles. The first-order valence-electron chi connectivity index (χ1n) is 5.52. The molecule has 1 spiro atoms. The molecule has 0 radical (unpaired) electrons. The minimum absolute atomic E-state index is 0.101. The highest BCUT2D eigenvalue weighted by atomic mass is 16.3. The molecule has 90 valence electrons. The first-order valence-corrected chi connectivity index (χ1v) is 5.52. The van der Waals surface area contributed by atoms with Gasteiger partial charge in [-0.15, -0.1) is 0 Å². The number of carbonyl (C=O) groups excluding carboxylic acids is 2. The Balaban J connectivity index is 2.15. The van der Waals surface area contributed by atoms with Gasteiger partial charge in [0, 0.05) is 13.1 Å². The number of hydrogen-bond acceptors (Lipinski definition) is 4. The van der Waals surface area contributed by atoms with Gasteiger partial charge >= 0.3 is 0 Å². The van der Waals surface area contributed by atoms with Crippen LogP contribution in [0.5, 0.6) is 0 Å². The Kier molecular flexibility index (Phi) is 2.63. The van der Waals surface area contributed by atoms with Crippen molar-refractivity contribution >= 4 is 11.8 Å². The van der Waals surface area contributed by atoms with Crippen molar-refractivity contribution in [2.45, 2.75) is 37.5 Å². The summed E-state index contributed by atoms with van der Waals surface area (Å²) in [5.41, 5.74) is 4.94. The average Bonchev–Trinajstić information content (AvgIpc) is 2.71. The van der Waals surface area contributed by atoms with Crippen LogP contribution in [0.25, 0.3) is 0 Å². The molecule has 6 heteroatoms. The average molecular weight is 227 g/mol. The molecule has 16 heavy (non-hydrogen) atoms. The van der Waals surface area contributed by atoms with E-state index in [2.05, 4.69) is 5.32 Å². The number of likely N-dealkylation sites (tertiary alicyclic amines) is 1. The third-order valence-corrected chi connectivity index (χ3v) is 3.52. The molecule has 2 heterocycles. The number of aliphatic hydroxyl groups excluding tert-OH is 1. The largest absolute Gasteiger partial charge is 0.391 e. The first-order chi connectivity index (χ1) is 7.49. The third-order valence-electron chi connectivity index (χ3n) is 3.52. The molecule has 4 N–H and O–H groups in total. The predicted molar refractivity (Wildman–Crippen MR) is 56.3 cm³/mol. The van der Waals surface area contributed by atoms with Crippen molar-refractivity contribution in [2.24, 2.45) is 5.73 Å². The van der Waals surface area contributed by atoms with Gasteiger partial charge in [-0.2, -0.15) is 0 Å². The van der Waals surface area contributed by atoms with E-state index in [-0.39, 0.29) is 11.8 Å². The van der Waals surface area contributed by atoms with Gasteiger partial charge in [0.05, 0.1) is 6.10 Å². The lowest BCUT2D eigenvalue weighted by atomic mass is 9.87. The Bertz CT molecular complexity index is 331. The lowest BCUT2D eigenvalue weighted by Crippen LogP contribution is -2.73. The fraction of sp³-hybridized carbons (Fsp3) is 0.800. The SMILES string of the molecule is CC(O)C(N)C(=O)N1CCCC12CNC2=O. The Hall–Kier alpha value is -1.14. The molecule has 0 aromatic rings. The maximum absolute atomic E-state index is 12.0. The second-order valence-corrected chi connectivity index (χ2v) is 4.57. The zero-order valence-corrected chi connectivity index (χ0v) is 9.27. The van der Waals surface area contributed by atoms with Crippen LogP contribution >= 0.6 is 0 Å². The van der Waals surface area contributed by atoms with Crippen LogP contribution < -0.4 is 11.1 Å². The summed E-state index contributed by atoms with van der Waals surface area (Å²) in [7, 11) is 0. The van der Waals surface area contributed by atoms with E-state index in [9.17, 15) is 14.7 Å². The van der Waals surface area contributed by atoms with E-state index in [1.165, 1.54) is 11.8 Å². The highest BCUT2D eigenvalue weighted by molar-refractivity contribution is 5.98. The summed E-state index contributed by atoms with van der Waals surface area (Å²) in [5.74, 6) is -0.432. The van der Waals surface area contributed by atoms with Gasteiger partial charge in [0.25, 0.3) is 0 Å². The number of carbonyl (C=O) groups is 2. The Morgan fingerprint density at radius 3 is 2.81 bits per heavy atom. The van der Waals surface area contributed by atoms with E-state index in [4.69, 9.17) is 5.73 Å². The molecule has 2 saturated heterocycles. The standard InChI is InChI=1S/C10H17N3O3/c1-6(14)7(11)8(15)13-4-2-3-10(13)5-12-9(10)16/h6-7,14H,2-5,11H2,1H3,(H,12,16). The maximum atomic E-state index is 12.0. The van der Waals surface area contributed by atoms with E-state index < -0.39 is 17.7 Å². The van der Waals surface area contributed by atoms with E-state index in [1.54, 1.807) is 0 Å². The molecular weight excluding hydrogens is 210 g/mol. The van der Waals surface area contributed by atoms with Crippen molar-refractivity contribution in [3.05, 3.63) is 0 Å². The van der Waals surface area contributed by atoms with Crippen molar-refractivity contribution < 1.29 is 14.7 Å². The Morgan fingerprint density at radius 1 is 1.69 bits per heavy atom. The zero-order valence-electron chi connectivity index (χ0n) is 9.27. The smallest absolute Gasteiger partial charge is 0.247 e. The van der Waals surface area contributed by atoms with Gasteiger partial charge in [-0.05, 0) is 19.8 Å². The summed E-state index contributed by atoms with van der Waals surface area (Å²) in [6, 6.07) is -0.941. The summed E-state index contributed by atoms with van der Waals surface area (Å²) in [6.07, 6.45) is 0.608. The molecule has 2 rings (SSSR count). The van der Waals surface area contributed by atoms with Crippen molar-refractivity contribution in [3.63, 3.8) is 0 Å². The van der Waals surface area contributed by atoms with Crippen molar-refractivity contribution in [3.8, 4) is 0 Å². The van der Waals surface area contributed by atoms with Gasteiger partial charge in [-0.1, -0.05) is 0 Å². The summed E-state index contributed by atoms with van der Waals surface area (Å²) >= 11 is 0. The second-order valence-electron chi connectivity index (χ2n) is 4.57. The van der Waals surface area contributed by atoms with Gasteiger partial charge in [0.1, 0.15) is 11.6 Å². The number of nitrogens with two attached hydrogens (primary N) is 1. The maximum Gasteiger partial charge on any atom is 0.247 e. The molecule has 3 unspecified atom stereocenters. The van der Waals surface area contributed by atoms with Crippen LogP contribution in [0.3, 0.4) is 0 Å². The highest BCUT2D eigenvalue weighted by Gasteiger charge is 2.56. The number of nitrogens with one attached hydrogen (secondary N) is 1. The van der Waals surface area contributed by atoms with Crippen LogP contribution in [0.2, 0.25) is 0 Å². The van der Waals surface area contributed by atoms with Gasteiger partial charge in [0.2, 0.25) is 11.8 Å². The quantitative estimate of drug-likeness (QED) is 0.484. The molecular formula is C10H17N3O3. The topological polar surface area (TPSA) is 95.7 Å². The fourth-order valence-electron chi connectivity index (χ4n) is 2.37. The summed E-state index contributed by atoms with van der Waals surface area (Å²) in [6.45, 7) is 2.53. The lowest BCUT2D eigenvalue weighted by molar-refractivity contribution is -0.153. The van der Waals surface area contributed by atoms with Crippen LogP contribution in [0.1, 0.15) is 19.8 Å². The van der Waals surface area contributed by atoms with Crippen molar-refractivity contribution in [1.82, 2.24) is 10.2 Å². The van der Waals surface area contributed by atoms with Crippen LogP contribution in [0, 0.1) is 0 Å². The number of rotatable bonds is 2.